The lowest BCUT2D eigenvalue weighted by molar-refractivity contribution is 0.142. The monoisotopic (exact) mass is 373 g/mol. The molecule has 138 valence electrons. The Labute approximate surface area is 159 Å². The summed E-state index contributed by atoms with van der Waals surface area (Å²) in [6.45, 7) is 5.84. The molecule has 2 aromatic rings. The molecule has 0 radical (unpaired) electrons. The summed E-state index contributed by atoms with van der Waals surface area (Å²) < 4.78 is 5.42. The van der Waals surface area contributed by atoms with Crippen molar-refractivity contribution in [1.29, 1.82) is 0 Å². The second kappa shape index (κ2) is 8.43. The molecule has 0 saturated carbocycles. The molecular weight excluding hydrogens is 350 g/mol. The van der Waals surface area contributed by atoms with Crippen LogP contribution in [0.2, 0.25) is 5.02 Å². The predicted molar refractivity (Wildman–Crippen MR) is 105 cm³/mol. The van der Waals surface area contributed by atoms with Gasteiger partial charge in [-0.25, -0.2) is 4.79 Å². The van der Waals surface area contributed by atoms with E-state index in [1.165, 1.54) is 5.56 Å². The second-order valence-corrected chi connectivity index (χ2v) is 6.90. The van der Waals surface area contributed by atoms with E-state index in [2.05, 4.69) is 16.3 Å². The number of rotatable bonds is 4. The summed E-state index contributed by atoms with van der Waals surface area (Å²) in [5.74, 6) is 0.907. The number of carbonyl (C=O) groups excluding carboxylic acids is 1. The molecule has 0 aromatic heterocycles. The SMILES string of the molecule is COc1ccccc1CN1CCN(C(=O)Nc2cc(Cl)ccc2C)CC1. The standard InChI is InChI=1S/C20H24ClN3O2/c1-15-7-8-17(21)13-18(15)22-20(25)24-11-9-23(10-12-24)14-16-5-3-4-6-19(16)26-2/h3-8,13H,9-12,14H2,1-2H3,(H,22,25). The Bertz CT molecular complexity index is 773. The van der Waals surface area contributed by atoms with E-state index >= 15 is 0 Å². The Hall–Kier alpha value is -2.24. The van der Waals surface area contributed by atoms with Crippen LogP contribution in [0.4, 0.5) is 10.5 Å². The first-order valence-corrected chi connectivity index (χ1v) is 9.11. The molecule has 1 aliphatic rings. The number of methoxy groups -OCH3 is 1. The van der Waals surface area contributed by atoms with Crippen LogP contribution in [0.5, 0.6) is 5.75 Å². The largest absolute Gasteiger partial charge is 0.496 e. The van der Waals surface area contributed by atoms with Gasteiger partial charge in [0.1, 0.15) is 5.75 Å². The zero-order valence-electron chi connectivity index (χ0n) is 15.2. The van der Waals surface area contributed by atoms with Gasteiger partial charge in [0.15, 0.2) is 0 Å². The van der Waals surface area contributed by atoms with Crippen molar-refractivity contribution in [3.63, 3.8) is 0 Å². The fourth-order valence-corrected chi connectivity index (χ4v) is 3.28. The van der Waals surface area contributed by atoms with Crippen molar-refractivity contribution in [3.05, 3.63) is 58.6 Å². The molecular formula is C20H24ClN3O2. The number of urea groups is 1. The summed E-state index contributed by atoms with van der Waals surface area (Å²) in [6, 6.07) is 13.5. The number of aryl methyl sites for hydroxylation is 1. The lowest BCUT2D eigenvalue weighted by Crippen LogP contribution is -2.49. The summed E-state index contributed by atoms with van der Waals surface area (Å²) in [6.07, 6.45) is 0. The van der Waals surface area contributed by atoms with Gasteiger partial charge in [-0.15, -0.1) is 0 Å². The van der Waals surface area contributed by atoms with Crippen LogP contribution in [-0.2, 0) is 6.54 Å². The number of amides is 2. The zero-order chi connectivity index (χ0) is 18.5. The maximum Gasteiger partial charge on any atom is 0.321 e. The van der Waals surface area contributed by atoms with E-state index in [1.807, 2.05) is 42.2 Å². The molecule has 1 fully saturated rings. The van der Waals surface area contributed by atoms with Crippen molar-refractivity contribution in [2.45, 2.75) is 13.5 Å². The molecule has 1 N–H and O–H groups in total. The van der Waals surface area contributed by atoms with Gasteiger partial charge in [-0.3, -0.25) is 4.90 Å². The molecule has 1 heterocycles. The molecule has 0 spiro atoms. The molecule has 0 unspecified atom stereocenters. The van der Waals surface area contributed by atoms with Gasteiger partial charge < -0.3 is 15.0 Å². The number of hydrogen-bond donors (Lipinski definition) is 1. The number of anilines is 1. The minimum Gasteiger partial charge on any atom is -0.496 e. The summed E-state index contributed by atoms with van der Waals surface area (Å²) in [5, 5.41) is 3.59. The van der Waals surface area contributed by atoms with Crippen LogP contribution in [0, 0.1) is 6.92 Å². The van der Waals surface area contributed by atoms with Gasteiger partial charge in [-0.05, 0) is 30.7 Å². The van der Waals surface area contributed by atoms with E-state index in [0.717, 1.165) is 36.6 Å². The minimum absolute atomic E-state index is 0.0766. The molecule has 0 atom stereocenters. The highest BCUT2D eigenvalue weighted by Crippen LogP contribution is 2.22. The highest BCUT2D eigenvalue weighted by Gasteiger charge is 2.22. The zero-order valence-corrected chi connectivity index (χ0v) is 15.9. The summed E-state index contributed by atoms with van der Waals surface area (Å²) in [4.78, 5) is 16.7. The fraction of sp³-hybridized carbons (Fsp3) is 0.350. The van der Waals surface area contributed by atoms with Crippen LogP contribution < -0.4 is 10.1 Å². The molecule has 2 aromatic carbocycles. The number of nitrogens with zero attached hydrogens (tertiary/aromatic N) is 2. The van der Waals surface area contributed by atoms with Crippen molar-refractivity contribution in [2.24, 2.45) is 0 Å². The fourth-order valence-electron chi connectivity index (χ4n) is 3.11. The van der Waals surface area contributed by atoms with Crippen LogP contribution in [0.1, 0.15) is 11.1 Å². The first-order chi connectivity index (χ1) is 12.6. The maximum atomic E-state index is 12.5. The lowest BCUT2D eigenvalue weighted by atomic mass is 10.1. The van der Waals surface area contributed by atoms with Crippen molar-refractivity contribution in [1.82, 2.24) is 9.80 Å². The van der Waals surface area contributed by atoms with Gasteiger partial charge in [0, 0.05) is 49.0 Å². The molecule has 0 bridgehead atoms. The van der Waals surface area contributed by atoms with Gasteiger partial charge >= 0.3 is 6.03 Å². The Morgan fingerprint density at radius 1 is 1.15 bits per heavy atom. The Morgan fingerprint density at radius 3 is 2.62 bits per heavy atom. The van der Waals surface area contributed by atoms with Gasteiger partial charge in [0.05, 0.1) is 7.11 Å². The van der Waals surface area contributed by atoms with E-state index in [0.29, 0.717) is 18.1 Å². The van der Waals surface area contributed by atoms with Crippen molar-refractivity contribution in [3.8, 4) is 5.75 Å². The van der Waals surface area contributed by atoms with E-state index in [4.69, 9.17) is 16.3 Å². The van der Waals surface area contributed by atoms with Gasteiger partial charge in [-0.2, -0.15) is 0 Å². The van der Waals surface area contributed by atoms with Crippen LogP contribution >= 0.6 is 11.6 Å². The average molecular weight is 374 g/mol. The maximum absolute atomic E-state index is 12.5. The number of ether oxygens (including phenoxy) is 1. The molecule has 6 heteroatoms. The van der Waals surface area contributed by atoms with Gasteiger partial charge in [0.25, 0.3) is 0 Å². The number of carbonyl (C=O) groups is 1. The molecule has 0 aliphatic carbocycles. The number of piperazine rings is 1. The third kappa shape index (κ3) is 4.48. The van der Waals surface area contributed by atoms with Gasteiger partial charge in [-0.1, -0.05) is 35.9 Å². The van der Waals surface area contributed by atoms with Crippen molar-refractivity contribution < 1.29 is 9.53 Å². The topological polar surface area (TPSA) is 44.8 Å². The molecule has 2 amide bonds. The highest BCUT2D eigenvalue weighted by atomic mass is 35.5. The van der Waals surface area contributed by atoms with Crippen LogP contribution in [0.3, 0.4) is 0 Å². The summed E-state index contributed by atoms with van der Waals surface area (Å²) in [7, 11) is 1.69. The molecule has 5 nitrogen and oxygen atoms in total. The Morgan fingerprint density at radius 2 is 1.88 bits per heavy atom. The number of halogens is 1. The first-order valence-electron chi connectivity index (χ1n) is 8.73. The second-order valence-electron chi connectivity index (χ2n) is 6.46. The van der Waals surface area contributed by atoms with E-state index < -0.39 is 0 Å². The quantitative estimate of drug-likeness (QED) is 0.880. The smallest absolute Gasteiger partial charge is 0.321 e. The van der Waals surface area contributed by atoms with E-state index in [9.17, 15) is 4.79 Å². The van der Waals surface area contributed by atoms with Gasteiger partial charge in [0.2, 0.25) is 0 Å². The molecule has 26 heavy (non-hydrogen) atoms. The molecule has 3 rings (SSSR count). The number of benzene rings is 2. The van der Waals surface area contributed by atoms with Crippen LogP contribution in [0.25, 0.3) is 0 Å². The summed E-state index contributed by atoms with van der Waals surface area (Å²) in [5.41, 5.74) is 2.93. The van der Waals surface area contributed by atoms with E-state index in [1.54, 1.807) is 13.2 Å². The Kier molecular flexibility index (Phi) is 6.01. The third-order valence-corrected chi connectivity index (χ3v) is 4.92. The predicted octanol–water partition coefficient (Wildman–Crippen LogP) is 4.01. The third-order valence-electron chi connectivity index (χ3n) is 4.69. The first kappa shape index (κ1) is 18.5. The molecule has 1 saturated heterocycles. The summed E-state index contributed by atoms with van der Waals surface area (Å²) >= 11 is 6.03. The number of hydrogen-bond acceptors (Lipinski definition) is 3. The average Bonchev–Trinajstić information content (AvgIpc) is 2.65. The van der Waals surface area contributed by atoms with Crippen molar-refractivity contribution >= 4 is 23.3 Å². The lowest BCUT2D eigenvalue weighted by Gasteiger charge is -2.35. The van der Waals surface area contributed by atoms with Crippen LogP contribution in [0.15, 0.2) is 42.5 Å². The van der Waals surface area contributed by atoms with Crippen LogP contribution in [-0.4, -0.2) is 49.1 Å². The number of nitrogens with one attached hydrogen (secondary N) is 1. The normalized spacial score (nSPS) is 15.0. The minimum atomic E-state index is -0.0766. The number of para-hydroxylation sites is 1. The highest BCUT2D eigenvalue weighted by molar-refractivity contribution is 6.31. The van der Waals surface area contributed by atoms with E-state index in [-0.39, 0.29) is 6.03 Å². The Balaban J connectivity index is 1.54. The van der Waals surface area contributed by atoms with Crippen molar-refractivity contribution in [2.75, 3.05) is 38.6 Å². The molecule has 1 aliphatic heterocycles.